The van der Waals surface area contributed by atoms with Crippen LogP contribution in [0.15, 0.2) is 61.2 Å². The summed E-state index contributed by atoms with van der Waals surface area (Å²) in [6.07, 6.45) is 7.76. The molecule has 28 heavy (non-hydrogen) atoms. The number of ether oxygens (including phenoxy) is 2. The summed E-state index contributed by atoms with van der Waals surface area (Å²) >= 11 is 5.95. The van der Waals surface area contributed by atoms with Crippen LogP contribution in [0, 0.1) is 0 Å². The average Bonchev–Trinajstić information content (AvgIpc) is 3.16. The lowest BCUT2D eigenvalue weighted by Crippen LogP contribution is -2.24. The third-order valence-corrected chi connectivity index (χ3v) is 4.79. The van der Waals surface area contributed by atoms with Crippen LogP contribution in [0.3, 0.4) is 0 Å². The molecule has 4 rings (SSSR count). The zero-order chi connectivity index (χ0) is 19.2. The van der Waals surface area contributed by atoms with E-state index in [-0.39, 0.29) is 6.10 Å². The van der Waals surface area contributed by atoms with Crippen molar-refractivity contribution >= 4 is 11.6 Å². The molecule has 0 amide bonds. The van der Waals surface area contributed by atoms with E-state index in [1.807, 2.05) is 24.3 Å². The number of likely N-dealkylation sites (tertiary alicyclic amines) is 1. The molecule has 7 heteroatoms. The molecule has 0 saturated carbocycles. The second-order valence-electron chi connectivity index (χ2n) is 6.74. The Labute approximate surface area is 169 Å². The molecule has 0 spiro atoms. The Hall–Kier alpha value is -2.70. The van der Waals surface area contributed by atoms with Crippen molar-refractivity contribution in [2.45, 2.75) is 25.7 Å². The van der Waals surface area contributed by atoms with Gasteiger partial charge in [-0.15, -0.1) is 0 Å². The Morgan fingerprint density at radius 2 is 1.86 bits per heavy atom. The molecule has 1 saturated heterocycles. The molecule has 6 nitrogen and oxygen atoms in total. The summed E-state index contributed by atoms with van der Waals surface area (Å²) in [4.78, 5) is 15.0. The van der Waals surface area contributed by atoms with E-state index in [1.165, 1.54) is 5.56 Å². The van der Waals surface area contributed by atoms with E-state index in [9.17, 15) is 0 Å². The van der Waals surface area contributed by atoms with Crippen LogP contribution < -0.4 is 9.47 Å². The number of hydrogen-bond donors (Lipinski definition) is 0. The number of nitrogens with zero attached hydrogens (tertiary/aromatic N) is 4. The Morgan fingerprint density at radius 3 is 2.68 bits per heavy atom. The van der Waals surface area contributed by atoms with Crippen molar-refractivity contribution in [1.29, 1.82) is 0 Å². The maximum Gasteiger partial charge on any atom is 0.235 e. The summed E-state index contributed by atoms with van der Waals surface area (Å²) in [5.41, 5.74) is 2.22. The molecule has 3 heterocycles. The Morgan fingerprint density at radius 1 is 1.00 bits per heavy atom. The van der Waals surface area contributed by atoms with Gasteiger partial charge in [-0.3, -0.25) is 14.9 Å². The quantitative estimate of drug-likeness (QED) is 0.606. The fraction of sp³-hybridized carbons (Fsp3) is 0.286. The van der Waals surface area contributed by atoms with Gasteiger partial charge in [0.1, 0.15) is 12.7 Å². The molecule has 0 N–H and O–H groups in total. The number of pyridine rings is 1. The first-order valence-electron chi connectivity index (χ1n) is 9.22. The van der Waals surface area contributed by atoms with Crippen LogP contribution in [-0.4, -0.2) is 39.0 Å². The van der Waals surface area contributed by atoms with Crippen LogP contribution in [-0.2, 0) is 13.2 Å². The third kappa shape index (κ3) is 5.18. The molecular formula is C21H21ClN4O2. The van der Waals surface area contributed by atoms with E-state index in [2.05, 4.69) is 32.0 Å². The summed E-state index contributed by atoms with van der Waals surface area (Å²) in [6, 6.07) is 11.8. The maximum atomic E-state index is 6.03. The van der Waals surface area contributed by atoms with E-state index in [1.54, 1.807) is 24.8 Å². The summed E-state index contributed by atoms with van der Waals surface area (Å²) in [6.45, 7) is 3.12. The van der Waals surface area contributed by atoms with Crippen LogP contribution in [0.5, 0.6) is 11.8 Å². The highest BCUT2D eigenvalue weighted by Gasteiger charge is 2.24. The summed E-state index contributed by atoms with van der Waals surface area (Å²) < 4.78 is 11.7. The highest BCUT2D eigenvalue weighted by molar-refractivity contribution is 6.30. The fourth-order valence-electron chi connectivity index (χ4n) is 3.15. The molecule has 1 unspecified atom stereocenters. The molecule has 0 aliphatic carbocycles. The third-order valence-electron chi connectivity index (χ3n) is 4.54. The van der Waals surface area contributed by atoms with Crippen molar-refractivity contribution in [3.8, 4) is 11.8 Å². The van der Waals surface area contributed by atoms with Crippen LogP contribution in [0.2, 0.25) is 5.02 Å². The summed E-state index contributed by atoms with van der Waals surface area (Å²) in [7, 11) is 0. The second kappa shape index (κ2) is 8.99. The molecule has 1 fully saturated rings. The van der Waals surface area contributed by atoms with E-state index in [0.717, 1.165) is 36.6 Å². The maximum absolute atomic E-state index is 6.03. The highest BCUT2D eigenvalue weighted by atomic mass is 35.5. The predicted octanol–water partition coefficient (Wildman–Crippen LogP) is 3.76. The SMILES string of the molecule is Clc1ccc(CN2CCC(Oc3cncc(OCc4cccnc4)n3)C2)cc1. The van der Waals surface area contributed by atoms with Gasteiger partial charge in [0.05, 0.1) is 12.4 Å². The minimum Gasteiger partial charge on any atom is -0.472 e. The molecule has 0 bridgehead atoms. The van der Waals surface area contributed by atoms with E-state index in [0.29, 0.717) is 18.4 Å². The van der Waals surface area contributed by atoms with Gasteiger partial charge in [-0.05, 0) is 30.2 Å². The molecule has 1 aliphatic heterocycles. The monoisotopic (exact) mass is 396 g/mol. The van der Waals surface area contributed by atoms with Crippen molar-refractivity contribution in [2.75, 3.05) is 13.1 Å². The average molecular weight is 397 g/mol. The van der Waals surface area contributed by atoms with Crippen LogP contribution in [0.1, 0.15) is 17.5 Å². The van der Waals surface area contributed by atoms with Crippen LogP contribution in [0.4, 0.5) is 0 Å². The summed E-state index contributed by atoms with van der Waals surface area (Å²) in [5.74, 6) is 0.930. The van der Waals surface area contributed by atoms with Crippen molar-refractivity contribution in [1.82, 2.24) is 19.9 Å². The lowest BCUT2D eigenvalue weighted by atomic mass is 10.2. The largest absolute Gasteiger partial charge is 0.472 e. The van der Waals surface area contributed by atoms with Crippen LogP contribution in [0.25, 0.3) is 0 Å². The first-order valence-corrected chi connectivity index (χ1v) is 9.59. The van der Waals surface area contributed by atoms with Crippen molar-refractivity contribution in [2.24, 2.45) is 0 Å². The lowest BCUT2D eigenvalue weighted by Gasteiger charge is -2.16. The minimum absolute atomic E-state index is 0.0928. The van der Waals surface area contributed by atoms with E-state index >= 15 is 0 Å². The first kappa shape index (κ1) is 18.7. The number of rotatable bonds is 7. The molecule has 1 aromatic carbocycles. The molecule has 0 radical (unpaired) electrons. The zero-order valence-electron chi connectivity index (χ0n) is 15.4. The number of aromatic nitrogens is 3. The lowest BCUT2D eigenvalue weighted by molar-refractivity contribution is 0.186. The van der Waals surface area contributed by atoms with Gasteiger partial charge in [0.25, 0.3) is 0 Å². The Bertz CT molecular complexity index is 892. The molecule has 2 aromatic heterocycles. The normalized spacial score (nSPS) is 16.8. The first-order chi connectivity index (χ1) is 13.7. The standard InChI is InChI=1S/C21H21ClN4O2/c22-18-5-3-16(4-6-18)13-26-9-7-19(14-26)28-21-12-24-11-20(25-21)27-15-17-2-1-8-23-10-17/h1-6,8,10-12,19H,7,9,13-15H2. The highest BCUT2D eigenvalue weighted by Crippen LogP contribution is 2.20. The molecule has 144 valence electrons. The smallest absolute Gasteiger partial charge is 0.235 e. The van der Waals surface area contributed by atoms with Gasteiger partial charge < -0.3 is 9.47 Å². The second-order valence-corrected chi connectivity index (χ2v) is 7.17. The zero-order valence-corrected chi connectivity index (χ0v) is 16.1. The van der Waals surface area contributed by atoms with Gasteiger partial charge in [-0.2, -0.15) is 4.98 Å². The molecule has 1 aliphatic rings. The Kier molecular flexibility index (Phi) is 5.99. The van der Waals surface area contributed by atoms with Gasteiger partial charge in [-0.25, -0.2) is 0 Å². The number of halogens is 1. The molecular weight excluding hydrogens is 376 g/mol. The van der Waals surface area contributed by atoms with Gasteiger partial charge in [0, 0.05) is 42.6 Å². The van der Waals surface area contributed by atoms with Gasteiger partial charge in [-0.1, -0.05) is 29.8 Å². The fourth-order valence-corrected chi connectivity index (χ4v) is 3.28. The van der Waals surface area contributed by atoms with Crippen LogP contribution >= 0.6 is 11.6 Å². The van der Waals surface area contributed by atoms with Crippen molar-refractivity contribution in [3.05, 3.63) is 77.3 Å². The molecule has 1 atom stereocenters. The minimum atomic E-state index is 0.0928. The Balaban J connectivity index is 1.29. The summed E-state index contributed by atoms with van der Waals surface area (Å²) in [5, 5.41) is 0.760. The predicted molar refractivity (Wildman–Crippen MR) is 106 cm³/mol. The number of benzene rings is 1. The van der Waals surface area contributed by atoms with E-state index in [4.69, 9.17) is 21.1 Å². The van der Waals surface area contributed by atoms with Gasteiger partial charge in [0.15, 0.2) is 0 Å². The van der Waals surface area contributed by atoms with Gasteiger partial charge >= 0.3 is 0 Å². The topological polar surface area (TPSA) is 60.4 Å². The van der Waals surface area contributed by atoms with Crippen molar-refractivity contribution in [3.63, 3.8) is 0 Å². The van der Waals surface area contributed by atoms with Gasteiger partial charge in [0.2, 0.25) is 11.8 Å². The number of hydrogen-bond acceptors (Lipinski definition) is 6. The van der Waals surface area contributed by atoms with E-state index < -0.39 is 0 Å². The van der Waals surface area contributed by atoms with Crippen molar-refractivity contribution < 1.29 is 9.47 Å². The molecule has 3 aromatic rings.